The van der Waals surface area contributed by atoms with E-state index >= 15 is 0 Å². The predicted octanol–water partition coefficient (Wildman–Crippen LogP) is 1.85. The van der Waals surface area contributed by atoms with Gasteiger partial charge < -0.3 is 14.6 Å². The lowest BCUT2D eigenvalue weighted by molar-refractivity contribution is -0.136. The van der Waals surface area contributed by atoms with E-state index in [0.717, 1.165) is 10.6 Å². The summed E-state index contributed by atoms with van der Waals surface area (Å²) in [4.78, 5) is 19.5. The van der Waals surface area contributed by atoms with Gasteiger partial charge in [-0.25, -0.2) is 18.4 Å². The van der Waals surface area contributed by atoms with Gasteiger partial charge in [0.2, 0.25) is 10.0 Å². The largest absolute Gasteiger partial charge is 0.481 e. The van der Waals surface area contributed by atoms with E-state index in [1.54, 1.807) is 13.0 Å². The second-order valence-corrected chi connectivity index (χ2v) is 7.73. The van der Waals surface area contributed by atoms with Crippen LogP contribution in [0.15, 0.2) is 6.07 Å². The number of hydrogen-bond acceptors (Lipinski definition) is 7. The molecule has 1 heterocycles. The molecule has 0 fully saturated rings. The topological polar surface area (TPSA) is 119 Å². The SMILES string of the molecule is COc1nc2cc(C)c(Cl)c(N(CCC(=O)O)S(C)(=O)=O)c2nc1OC. The van der Waals surface area contributed by atoms with Gasteiger partial charge in [0.15, 0.2) is 0 Å². The summed E-state index contributed by atoms with van der Waals surface area (Å²) in [5, 5.41) is 9.08. The van der Waals surface area contributed by atoms with Gasteiger partial charge in [-0.05, 0) is 18.6 Å². The van der Waals surface area contributed by atoms with Crippen molar-refractivity contribution < 1.29 is 27.8 Å². The van der Waals surface area contributed by atoms with Crippen LogP contribution in [0.3, 0.4) is 0 Å². The molecule has 26 heavy (non-hydrogen) atoms. The molecule has 9 nitrogen and oxygen atoms in total. The van der Waals surface area contributed by atoms with Crippen molar-refractivity contribution in [2.24, 2.45) is 0 Å². The van der Waals surface area contributed by atoms with Crippen LogP contribution in [0.2, 0.25) is 5.02 Å². The number of benzene rings is 1. The van der Waals surface area contributed by atoms with Gasteiger partial charge in [-0.2, -0.15) is 0 Å². The van der Waals surface area contributed by atoms with Crippen LogP contribution in [0.5, 0.6) is 11.8 Å². The first-order chi connectivity index (χ1) is 12.1. The lowest BCUT2D eigenvalue weighted by Gasteiger charge is -2.24. The minimum atomic E-state index is -3.83. The molecule has 0 unspecified atom stereocenters. The number of aliphatic carboxylic acids is 1. The summed E-state index contributed by atoms with van der Waals surface area (Å²) in [5.74, 6) is -0.964. The number of nitrogens with zero attached hydrogens (tertiary/aromatic N) is 3. The number of halogens is 1. The number of carboxylic acid groups (broad SMARTS) is 1. The number of aromatic nitrogens is 2. The third-order valence-electron chi connectivity index (χ3n) is 3.56. The minimum absolute atomic E-state index is 0.0489. The number of carboxylic acids is 1. The van der Waals surface area contributed by atoms with Crippen molar-refractivity contribution in [3.63, 3.8) is 0 Å². The molecule has 11 heteroatoms. The van der Waals surface area contributed by atoms with Crippen LogP contribution in [0.4, 0.5) is 5.69 Å². The van der Waals surface area contributed by atoms with Crippen molar-refractivity contribution in [2.75, 3.05) is 31.3 Å². The maximum Gasteiger partial charge on any atom is 0.305 e. The van der Waals surface area contributed by atoms with Gasteiger partial charge in [0, 0.05) is 6.54 Å². The zero-order chi connectivity index (χ0) is 19.6. The fraction of sp³-hybridized carbons (Fsp3) is 0.400. The molecule has 0 aliphatic rings. The normalized spacial score (nSPS) is 11.4. The number of fused-ring (bicyclic) bond motifs is 1. The third kappa shape index (κ3) is 3.91. The van der Waals surface area contributed by atoms with Crippen LogP contribution in [-0.4, -0.2) is 56.5 Å². The standard InChI is InChI=1S/C15H18ClN3O6S/c1-8-7-9-12(18-15(25-3)14(17-9)24-2)13(11(8)16)19(26(4,22)23)6-5-10(20)21/h7H,5-6H2,1-4H3,(H,20,21). The summed E-state index contributed by atoms with van der Waals surface area (Å²) in [6.07, 6.45) is 0.563. The van der Waals surface area contributed by atoms with E-state index in [0.29, 0.717) is 11.1 Å². The minimum Gasteiger partial charge on any atom is -0.481 e. The van der Waals surface area contributed by atoms with E-state index in [2.05, 4.69) is 9.97 Å². The molecule has 1 aromatic heterocycles. The van der Waals surface area contributed by atoms with Crippen LogP contribution in [-0.2, 0) is 14.8 Å². The number of sulfonamides is 1. The highest BCUT2D eigenvalue weighted by atomic mass is 35.5. The van der Waals surface area contributed by atoms with Gasteiger partial charge >= 0.3 is 5.97 Å². The summed E-state index contributed by atoms with van der Waals surface area (Å²) in [6.45, 7) is 1.38. The van der Waals surface area contributed by atoms with Crippen molar-refractivity contribution >= 4 is 44.3 Å². The Labute approximate surface area is 155 Å². The zero-order valence-electron chi connectivity index (χ0n) is 14.6. The first-order valence-corrected chi connectivity index (χ1v) is 9.61. The second kappa shape index (κ2) is 7.50. The van der Waals surface area contributed by atoms with Gasteiger partial charge in [-0.1, -0.05) is 11.6 Å². The number of methoxy groups -OCH3 is 2. The van der Waals surface area contributed by atoms with Crippen LogP contribution in [0.1, 0.15) is 12.0 Å². The van der Waals surface area contributed by atoms with Crippen LogP contribution in [0.25, 0.3) is 11.0 Å². The molecule has 0 saturated carbocycles. The molecule has 1 aromatic carbocycles. The van der Waals surface area contributed by atoms with Crippen molar-refractivity contribution in [3.8, 4) is 11.8 Å². The summed E-state index contributed by atoms with van der Waals surface area (Å²) < 4.78 is 35.8. The number of carbonyl (C=O) groups is 1. The molecule has 2 aromatic rings. The Morgan fingerprint density at radius 1 is 1.27 bits per heavy atom. The van der Waals surface area contributed by atoms with Crippen molar-refractivity contribution in [1.82, 2.24) is 9.97 Å². The second-order valence-electron chi connectivity index (χ2n) is 5.44. The van der Waals surface area contributed by atoms with Gasteiger partial charge in [-0.15, -0.1) is 0 Å². The maximum absolute atomic E-state index is 12.3. The monoisotopic (exact) mass is 403 g/mol. The first-order valence-electron chi connectivity index (χ1n) is 7.38. The Kier molecular flexibility index (Phi) is 5.77. The fourth-order valence-corrected chi connectivity index (χ4v) is 3.61. The van der Waals surface area contributed by atoms with Gasteiger partial charge in [0.05, 0.1) is 43.1 Å². The average molecular weight is 404 g/mol. The van der Waals surface area contributed by atoms with Gasteiger partial charge in [0.1, 0.15) is 5.52 Å². The Hall–Kier alpha value is -2.33. The number of ether oxygens (including phenoxy) is 2. The van der Waals surface area contributed by atoms with Gasteiger partial charge in [-0.3, -0.25) is 9.10 Å². The molecule has 0 aliphatic heterocycles. The maximum atomic E-state index is 12.3. The molecule has 0 radical (unpaired) electrons. The van der Waals surface area contributed by atoms with E-state index in [1.165, 1.54) is 14.2 Å². The molecule has 0 atom stereocenters. The van der Waals surface area contributed by atoms with E-state index in [9.17, 15) is 13.2 Å². The highest BCUT2D eigenvalue weighted by Crippen LogP contribution is 2.39. The predicted molar refractivity (Wildman–Crippen MR) is 96.8 cm³/mol. The summed E-state index contributed by atoms with van der Waals surface area (Å²) >= 11 is 6.36. The Morgan fingerprint density at radius 2 is 1.85 bits per heavy atom. The van der Waals surface area contributed by atoms with Crippen molar-refractivity contribution in [1.29, 1.82) is 0 Å². The number of rotatable bonds is 7. The average Bonchev–Trinajstić information content (AvgIpc) is 2.55. The van der Waals surface area contributed by atoms with Crippen LogP contribution in [0, 0.1) is 6.92 Å². The molecular weight excluding hydrogens is 386 g/mol. The highest BCUT2D eigenvalue weighted by Gasteiger charge is 2.27. The summed E-state index contributed by atoms with van der Waals surface area (Å²) in [7, 11) is -1.07. The van der Waals surface area contributed by atoms with Crippen molar-refractivity contribution in [2.45, 2.75) is 13.3 Å². The van der Waals surface area contributed by atoms with E-state index in [1.807, 2.05) is 0 Å². The molecular formula is C15H18ClN3O6S. The quantitative estimate of drug-likeness (QED) is 0.743. The van der Waals surface area contributed by atoms with Crippen LogP contribution >= 0.6 is 11.6 Å². The lowest BCUT2D eigenvalue weighted by atomic mass is 10.1. The first kappa shape index (κ1) is 20.0. The lowest BCUT2D eigenvalue weighted by Crippen LogP contribution is -2.32. The summed E-state index contributed by atoms with van der Waals surface area (Å²) in [5.41, 5.74) is 1.11. The smallest absolute Gasteiger partial charge is 0.305 e. The molecule has 0 saturated heterocycles. The van der Waals surface area contributed by atoms with Crippen LogP contribution < -0.4 is 13.8 Å². The van der Waals surface area contributed by atoms with Crippen molar-refractivity contribution in [3.05, 3.63) is 16.7 Å². The molecule has 0 spiro atoms. The van der Waals surface area contributed by atoms with E-state index in [-0.39, 0.29) is 34.5 Å². The molecule has 0 aliphatic carbocycles. The Bertz CT molecular complexity index is 964. The number of anilines is 1. The Balaban J connectivity index is 2.84. The fourth-order valence-electron chi connectivity index (χ4n) is 2.39. The molecule has 1 N–H and O–H groups in total. The molecule has 0 bridgehead atoms. The molecule has 142 valence electrons. The zero-order valence-corrected chi connectivity index (χ0v) is 16.2. The molecule has 0 amide bonds. The van der Waals surface area contributed by atoms with E-state index < -0.39 is 22.4 Å². The summed E-state index contributed by atoms with van der Waals surface area (Å²) in [6, 6.07) is 1.63. The Morgan fingerprint density at radius 3 is 2.35 bits per heavy atom. The van der Waals surface area contributed by atoms with Gasteiger partial charge in [0.25, 0.3) is 11.8 Å². The number of aryl methyl sites for hydroxylation is 1. The molecule has 2 rings (SSSR count). The third-order valence-corrected chi connectivity index (χ3v) is 5.20. The van der Waals surface area contributed by atoms with E-state index in [4.69, 9.17) is 26.2 Å². The number of hydrogen-bond donors (Lipinski definition) is 1. The highest BCUT2D eigenvalue weighted by molar-refractivity contribution is 7.92.